The zero-order chi connectivity index (χ0) is 50.2. The molecule has 0 radical (unpaired) electrons. The molecule has 6 nitrogen and oxygen atoms in total. The Morgan fingerprint density at radius 3 is 1.22 bits per heavy atom. The summed E-state index contributed by atoms with van der Waals surface area (Å²) >= 11 is 0. The first kappa shape index (κ1) is 65.0. The summed E-state index contributed by atoms with van der Waals surface area (Å²) < 4.78 is 5.83. The van der Waals surface area contributed by atoms with E-state index in [1.807, 2.05) is 6.08 Å². The number of esters is 1. The Kier molecular flexibility index (Phi) is 51.7. The van der Waals surface area contributed by atoms with Crippen LogP contribution in [0.25, 0.3) is 0 Å². The lowest BCUT2D eigenvalue weighted by Gasteiger charge is -2.23. The number of aliphatic hydroxyl groups is 2. The van der Waals surface area contributed by atoms with Gasteiger partial charge in [-0.2, -0.15) is 0 Å². The standard InChI is InChI=1S/C63H103NO5/c1-4-7-10-13-16-19-22-25-28-30-31-33-35-38-41-44-47-50-53-56-63(68)69-59(54-51-48-45-42-39-36-34-32-29-26-23-20-17-14-11-8-5-2)57-62(67)64-60(58-65)61(66)55-52-49-46-43-40-37-27-24-21-18-15-12-9-6-3/h7-8,10-11,16-17,19-20,25-26,28-29,31,33-34,36,38,41-42,45,51,54,59-61,65-66H,4-6,9,12-15,18,21-24,27,30,32,35,37,39-40,43-44,46-50,52-53,55-58H2,1-3H3,(H,64,67)/b10-7-,11-8-,19-16-,20-17-,28-25-,29-26-,33-31-,36-34-,41-38-,45-42-,54-51-. The number of amides is 1. The van der Waals surface area contributed by atoms with Gasteiger partial charge in [0.15, 0.2) is 0 Å². The van der Waals surface area contributed by atoms with Gasteiger partial charge in [0.2, 0.25) is 5.91 Å². The van der Waals surface area contributed by atoms with Crippen LogP contribution in [0.1, 0.15) is 226 Å². The minimum absolute atomic E-state index is 0.0694. The number of hydrogen-bond donors (Lipinski definition) is 3. The van der Waals surface area contributed by atoms with Gasteiger partial charge >= 0.3 is 5.97 Å². The van der Waals surface area contributed by atoms with Crippen molar-refractivity contribution in [2.75, 3.05) is 6.61 Å². The average Bonchev–Trinajstić information content (AvgIpc) is 3.34. The number of nitrogens with one attached hydrogen (secondary N) is 1. The molecular formula is C63H103NO5. The number of hydrogen-bond acceptors (Lipinski definition) is 5. The van der Waals surface area contributed by atoms with E-state index in [1.165, 1.54) is 70.6 Å². The molecule has 390 valence electrons. The normalized spacial score (nSPS) is 14.2. The van der Waals surface area contributed by atoms with Crippen molar-refractivity contribution in [2.24, 2.45) is 0 Å². The zero-order valence-corrected chi connectivity index (χ0v) is 44.4. The van der Waals surface area contributed by atoms with Crippen LogP contribution in [0.4, 0.5) is 0 Å². The van der Waals surface area contributed by atoms with Gasteiger partial charge in [0.1, 0.15) is 6.10 Å². The Morgan fingerprint density at radius 2 is 0.812 bits per heavy atom. The lowest BCUT2D eigenvalue weighted by molar-refractivity contribution is -0.148. The van der Waals surface area contributed by atoms with E-state index in [1.54, 1.807) is 6.08 Å². The third kappa shape index (κ3) is 50.2. The maximum atomic E-state index is 13.2. The molecule has 0 spiro atoms. The molecule has 0 bridgehead atoms. The first-order valence-corrected chi connectivity index (χ1v) is 27.9. The molecule has 0 saturated heterocycles. The molecule has 0 aliphatic carbocycles. The molecule has 1 amide bonds. The number of unbranched alkanes of at least 4 members (excludes halogenated alkanes) is 16. The summed E-state index contributed by atoms with van der Waals surface area (Å²) in [4.78, 5) is 26.2. The van der Waals surface area contributed by atoms with Crippen LogP contribution in [0.5, 0.6) is 0 Å². The topological polar surface area (TPSA) is 95.9 Å². The largest absolute Gasteiger partial charge is 0.458 e. The van der Waals surface area contributed by atoms with Crippen molar-refractivity contribution in [3.8, 4) is 0 Å². The molecule has 0 aromatic rings. The molecule has 0 aromatic heterocycles. The highest BCUT2D eigenvalue weighted by Gasteiger charge is 2.23. The molecule has 3 unspecified atom stereocenters. The van der Waals surface area contributed by atoms with Gasteiger partial charge in [-0.1, -0.05) is 245 Å². The first-order chi connectivity index (χ1) is 34.0. The maximum absolute atomic E-state index is 13.2. The zero-order valence-electron chi connectivity index (χ0n) is 44.4. The summed E-state index contributed by atoms with van der Waals surface area (Å²) in [7, 11) is 0. The molecule has 0 heterocycles. The van der Waals surface area contributed by atoms with Crippen molar-refractivity contribution >= 4 is 11.9 Å². The van der Waals surface area contributed by atoms with Gasteiger partial charge in [-0.05, 0) is 102 Å². The quantitative estimate of drug-likeness (QED) is 0.0321. The number of rotatable bonds is 48. The molecule has 0 aromatic carbocycles. The molecule has 3 N–H and O–H groups in total. The van der Waals surface area contributed by atoms with Crippen LogP contribution in [-0.2, 0) is 14.3 Å². The van der Waals surface area contributed by atoms with Crippen molar-refractivity contribution in [1.82, 2.24) is 5.32 Å². The fourth-order valence-corrected chi connectivity index (χ4v) is 7.57. The Morgan fingerprint density at radius 1 is 0.449 bits per heavy atom. The van der Waals surface area contributed by atoms with Crippen LogP contribution in [0.15, 0.2) is 134 Å². The number of aliphatic hydroxyl groups excluding tert-OH is 2. The minimum Gasteiger partial charge on any atom is -0.458 e. The molecule has 69 heavy (non-hydrogen) atoms. The summed E-state index contributed by atoms with van der Waals surface area (Å²) in [6, 6.07) is -0.760. The molecule has 0 fully saturated rings. The summed E-state index contributed by atoms with van der Waals surface area (Å²) in [5.41, 5.74) is 0. The van der Waals surface area contributed by atoms with Crippen LogP contribution in [0, 0.1) is 0 Å². The monoisotopic (exact) mass is 954 g/mol. The van der Waals surface area contributed by atoms with E-state index in [0.29, 0.717) is 19.3 Å². The van der Waals surface area contributed by atoms with E-state index in [4.69, 9.17) is 4.74 Å². The van der Waals surface area contributed by atoms with Gasteiger partial charge in [0, 0.05) is 6.42 Å². The molecule has 0 aliphatic heterocycles. The fourth-order valence-electron chi connectivity index (χ4n) is 7.57. The SMILES string of the molecule is CC/C=C\C/C=C\C/C=C\C/C=C\C/C=C\C/C=C\C(CC(=O)NC(CO)C(O)CCCCCCCCCCCCCCCC)OC(=O)CCCCC/C=C\C/C=C\C/C=C\C/C=C\C/C=C\CC. The van der Waals surface area contributed by atoms with Crippen LogP contribution in [0.2, 0.25) is 0 Å². The van der Waals surface area contributed by atoms with Gasteiger partial charge in [-0.25, -0.2) is 0 Å². The number of allylic oxidation sites excluding steroid dienone is 21. The number of carbonyl (C=O) groups excluding carboxylic acids is 2. The predicted octanol–water partition coefficient (Wildman–Crippen LogP) is 17.4. The Bertz CT molecular complexity index is 1490. The van der Waals surface area contributed by atoms with Crippen LogP contribution in [0.3, 0.4) is 0 Å². The molecule has 6 heteroatoms. The molecule has 0 aliphatic rings. The molecule has 0 rings (SSSR count). The van der Waals surface area contributed by atoms with Crippen molar-refractivity contribution in [3.05, 3.63) is 134 Å². The van der Waals surface area contributed by atoms with Gasteiger partial charge < -0.3 is 20.3 Å². The summed E-state index contributed by atoms with van der Waals surface area (Å²) in [5.74, 6) is -0.679. The minimum atomic E-state index is -0.835. The van der Waals surface area contributed by atoms with E-state index < -0.39 is 18.2 Å². The highest BCUT2D eigenvalue weighted by molar-refractivity contribution is 5.78. The fraction of sp³-hybridized carbons (Fsp3) is 0.619. The smallest absolute Gasteiger partial charge is 0.306 e. The Balaban J connectivity index is 4.83. The lowest BCUT2D eigenvalue weighted by atomic mass is 10.0. The highest BCUT2D eigenvalue weighted by atomic mass is 16.5. The van der Waals surface area contributed by atoms with Gasteiger partial charge in [-0.15, -0.1) is 0 Å². The second-order valence-corrected chi connectivity index (χ2v) is 18.2. The summed E-state index contributed by atoms with van der Waals surface area (Å²) in [6.07, 6.45) is 78.3. The van der Waals surface area contributed by atoms with Gasteiger partial charge in [0.25, 0.3) is 0 Å². The second-order valence-electron chi connectivity index (χ2n) is 18.2. The Hall–Kier alpha value is -4.00. The van der Waals surface area contributed by atoms with E-state index in [2.05, 4.69) is 148 Å². The predicted molar refractivity (Wildman–Crippen MR) is 300 cm³/mol. The first-order valence-electron chi connectivity index (χ1n) is 27.9. The Labute approximate surface area is 424 Å². The summed E-state index contributed by atoms with van der Waals surface area (Å²) in [6.45, 7) is 6.21. The number of ether oxygens (including phenoxy) is 1. The van der Waals surface area contributed by atoms with Gasteiger partial charge in [-0.3, -0.25) is 9.59 Å². The van der Waals surface area contributed by atoms with Crippen LogP contribution >= 0.6 is 0 Å². The van der Waals surface area contributed by atoms with Crippen molar-refractivity contribution < 1.29 is 24.5 Å². The molecule has 0 saturated carbocycles. The van der Waals surface area contributed by atoms with Gasteiger partial charge in [0.05, 0.1) is 25.2 Å². The molecular weight excluding hydrogens is 851 g/mol. The number of carbonyl (C=O) groups is 2. The van der Waals surface area contributed by atoms with Crippen molar-refractivity contribution in [2.45, 2.75) is 244 Å². The third-order valence-corrected chi connectivity index (χ3v) is 11.7. The average molecular weight is 955 g/mol. The maximum Gasteiger partial charge on any atom is 0.306 e. The summed E-state index contributed by atoms with van der Waals surface area (Å²) in [5, 5.41) is 23.8. The van der Waals surface area contributed by atoms with Crippen molar-refractivity contribution in [1.29, 1.82) is 0 Å². The highest BCUT2D eigenvalue weighted by Crippen LogP contribution is 2.15. The molecule has 3 atom stereocenters. The van der Waals surface area contributed by atoms with Crippen molar-refractivity contribution in [3.63, 3.8) is 0 Å². The second kappa shape index (κ2) is 54.9. The van der Waals surface area contributed by atoms with Crippen LogP contribution in [-0.4, -0.2) is 46.9 Å². The van der Waals surface area contributed by atoms with E-state index in [-0.39, 0.29) is 24.9 Å². The lowest BCUT2D eigenvalue weighted by Crippen LogP contribution is -2.46. The van der Waals surface area contributed by atoms with E-state index >= 15 is 0 Å². The van der Waals surface area contributed by atoms with E-state index in [9.17, 15) is 19.8 Å². The van der Waals surface area contributed by atoms with Crippen LogP contribution < -0.4 is 5.32 Å². The van der Waals surface area contributed by atoms with E-state index in [0.717, 1.165) is 109 Å². The third-order valence-electron chi connectivity index (χ3n) is 11.7.